The lowest BCUT2D eigenvalue weighted by Crippen LogP contribution is -2.30. The third-order valence-electron chi connectivity index (χ3n) is 22.5. The van der Waals surface area contributed by atoms with Gasteiger partial charge in [0.25, 0.3) is 0 Å². The van der Waals surface area contributed by atoms with Gasteiger partial charge in [-0.1, -0.05) is 453 Å². The van der Waals surface area contributed by atoms with E-state index < -0.39 is 97.5 Å². The predicted octanol–water partition coefficient (Wildman–Crippen LogP) is 29.2. The second-order valence-corrected chi connectivity index (χ2v) is 37.9. The second kappa shape index (κ2) is 83.7. The lowest BCUT2D eigenvalue weighted by molar-refractivity contribution is -0.161. The first-order chi connectivity index (χ1) is 54.8. The van der Waals surface area contributed by atoms with E-state index in [1.165, 1.54) is 315 Å². The summed E-state index contributed by atoms with van der Waals surface area (Å²) in [5.41, 5.74) is 0. The number of hydrogen-bond donors (Lipinski definition) is 3. The topological polar surface area (TPSA) is 237 Å². The van der Waals surface area contributed by atoms with Crippen molar-refractivity contribution in [1.82, 2.24) is 0 Å². The summed E-state index contributed by atoms with van der Waals surface area (Å²) < 4.78 is 69.2. The first-order valence-electron chi connectivity index (χ1n) is 48.4. The van der Waals surface area contributed by atoms with E-state index in [9.17, 15) is 43.2 Å². The van der Waals surface area contributed by atoms with Crippen molar-refractivity contribution in [2.24, 2.45) is 17.8 Å². The molecule has 0 rings (SSSR count). The molecule has 3 unspecified atom stereocenters. The summed E-state index contributed by atoms with van der Waals surface area (Å²) in [6.45, 7) is 12.2. The molecule has 672 valence electrons. The third kappa shape index (κ3) is 86.3. The number of carbonyl (C=O) groups excluding carboxylic acids is 4. The maximum Gasteiger partial charge on any atom is 0.472 e. The molecule has 0 radical (unpaired) electrons. The van der Waals surface area contributed by atoms with Gasteiger partial charge in [0.2, 0.25) is 0 Å². The summed E-state index contributed by atoms with van der Waals surface area (Å²) in [5, 5.41) is 10.7. The molecule has 0 amide bonds. The van der Waals surface area contributed by atoms with Crippen molar-refractivity contribution in [2.45, 2.75) is 523 Å². The van der Waals surface area contributed by atoms with E-state index in [4.69, 9.17) is 37.0 Å². The Kier molecular flexibility index (Phi) is 82.3. The number of esters is 4. The fourth-order valence-corrected chi connectivity index (χ4v) is 16.3. The number of aliphatic hydroxyl groups is 1. The Balaban J connectivity index is 5.25. The Labute approximate surface area is 696 Å². The number of phosphoric acid groups is 2. The van der Waals surface area contributed by atoms with E-state index >= 15 is 0 Å². The van der Waals surface area contributed by atoms with Crippen LogP contribution in [0.5, 0.6) is 0 Å². The minimum absolute atomic E-state index is 0.108. The minimum atomic E-state index is -4.97. The number of rotatable bonds is 92. The first kappa shape index (κ1) is 111. The second-order valence-electron chi connectivity index (χ2n) is 35.0. The van der Waals surface area contributed by atoms with Crippen LogP contribution in [-0.2, 0) is 65.4 Å². The Bertz CT molecular complexity index is 2170. The van der Waals surface area contributed by atoms with Gasteiger partial charge in [-0.25, -0.2) is 9.13 Å². The summed E-state index contributed by atoms with van der Waals surface area (Å²) in [7, 11) is -9.94. The van der Waals surface area contributed by atoms with Crippen LogP contribution in [0.2, 0.25) is 0 Å². The maximum absolute atomic E-state index is 13.2. The largest absolute Gasteiger partial charge is 0.472 e. The summed E-state index contributed by atoms with van der Waals surface area (Å²) in [6.07, 6.45) is 77.7. The van der Waals surface area contributed by atoms with Crippen LogP contribution in [0, 0.1) is 17.8 Å². The van der Waals surface area contributed by atoms with Crippen LogP contribution in [-0.4, -0.2) is 96.7 Å². The van der Waals surface area contributed by atoms with E-state index in [2.05, 4.69) is 48.5 Å². The van der Waals surface area contributed by atoms with Gasteiger partial charge in [0.1, 0.15) is 19.3 Å². The average molecular weight is 1650 g/mol. The van der Waals surface area contributed by atoms with Crippen LogP contribution >= 0.6 is 15.6 Å². The lowest BCUT2D eigenvalue weighted by atomic mass is 9.99. The highest BCUT2D eigenvalue weighted by molar-refractivity contribution is 7.47. The zero-order valence-corrected chi connectivity index (χ0v) is 76.7. The minimum Gasteiger partial charge on any atom is -0.462 e. The molecule has 0 spiro atoms. The van der Waals surface area contributed by atoms with Crippen molar-refractivity contribution in [3.05, 3.63) is 0 Å². The smallest absolute Gasteiger partial charge is 0.462 e. The molecule has 0 aromatic carbocycles. The summed E-state index contributed by atoms with van der Waals surface area (Å²) in [4.78, 5) is 73.5. The van der Waals surface area contributed by atoms with Gasteiger partial charge < -0.3 is 33.8 Å². The first-order valence-corrected chi connectivity index (χ1v) is 51.4. The van der Waals surface area contributed by atoms with Crippen molar-refractivity contribution in [3.63, 3.8) is 0 Å². The third-order valence-corrected chi connectivity index (χ3v) is 24.4. The van der Waals surface area contributed by atoms with Crippen molar-refractivity contribution < 1.29 is 80.2 Å². The van der Waals surface area contributed by atoms with E-state index in [0.29, 0.717) is 25.7 Å². The molecule has 6 atom stereocenters. The molecule has 0 aliphatic heterocycles. The number of unbranched alkanes of at least 4 members (excludes halogenated alkanes) is 59. The molecule has 17 nitrogen and oxygen atoms in total. The highest BCUT2D eigenvalue weighted by atomic mass is 31.2. The van der Waals surface area contributed by atoms with Gasteiger partial charge in [-0.3, -0.25) is 37.3 Å². The molecular formula is C94H184O17P2. The molecule has 0 aromatic rings. The molecule has 0 aromatic heterocycles. The monoisotopic (exact) mass is 1650 g/mol. The quantitative estimate of drug-likeness (QED) is 0.0222. The molecule has 0 saturated heterocycles. The highest BCUT2D eigenvalue weighted by Crippen LogP contribution is 2.45. The molecule has 0 fully saturated rings. The SMILES string of the molecule is CCCCCCCCCCCCCCCC(=O)OC[C@H](COP(=O)(O)OC[C@H](O)COP(=O)(O)OC[C@@H](COC(=O)CCCCCCCCCCCCCCCCCCCCC(C)C)OC(=O)CCCCCCCCCCCCCCCCCCCCC(C)CC)OC(=O)CCCCCCCCCCCCCCCCC(C)C. The standard InChI is InChI=1S/C94H184O17P2/c1-8-10-11-12-13-14-15-30-40-47-54-61-68-75-91(96)104-81-89(111-94(99)78-71-64-57-50-43-36-29-28-32-38-45-52-59-66-73-86(5)6)83-108-112(100,101)106-79-88(95)80-107-113(102,103)109-84-90(82-105-92(97)76-69-62-55-48-41-34-26-22-18-16-20-24-31-37-44-51-58-65-72-85(3)4)110-93(98)77-70-63-56-49-42-35-27-23-19-17-21-25-33-39-46-53-60-67-74-87(7)9-2/h85-90,95H,8-84H2,1-7H3,(H,100,101)(H,102,103)/t87?,88-,89+,90+/m0/s1. The Morgan fingerprint density at radius 3 is 0.673 bits per heavy atom. The van der Waals surface area contributed by atoms with Gasteiger partial charge in [0.15, 0.2) is 12.2 Å². The molecule has 0 heterocycles. The summed E-state index contributed by atoms with van der Waals surface area (Å²) in [6, 6.07) is 0. The van der Waals surface area contributed by atoms with Crippen molar-refractivity contribution >= 4 is 39.5 Å². The summed E-state index contributed by atoms with van der Waals surface area (Å²) in [5.74, 6) is 0.396. The number of aliphatic hydroxyl groups excluding tert-OH is 1. The van der Waals surface area contributed by atoms with E-state index in [0.717, 1.165) is 108 Å². The van der Waals surface area contributed by atoms with Crippen LogP contribution < -0.4 is 0 Å². The zero-order valence-electron chi connectivity index (χ0n) is 74.9. The maximum atomic E-state index is 13.2. The van der Waals surface area contributed by atoms with Crippen LogP contribution in [0.4, 0.5) is 0 Å². The van der Waals surface area contributed by atoms with Gasteiger partial charge in [-0.15, -0.1) is 0 Å². The lowest BCUT2D eigenvalue weighted by Gasteiger charge is -2.21. The van der Waals surface area contributed by atoms with Crippen molar-refractivity contribution in [2.75, 3.05) is 39.6 Å². The van der Waals surface area contributed by atoms with Gasteiger partial charge in [-0.05, 0) is 43.4 Å². The molecular weight excluding hydrogens is 1460 g/mol. The van der Waals surface area contributed by atoms with E-state index in [-0.39, 0.29) is 25.7 Å². The van der Waals surface area contributed by atoms with Crippen LogP contribution in [0.25, 0.3) is 0 Å². The Morgan fingerprint density at radius 2 is 0.451 bits per heavy atom. The Hall–Kier alpha value is -1.94. The van der Waals surface area contributed by atoms with Crippen LogP contribution in [0.1, 0.15) is 504 Å². The molecule has 113 heavy (non-hydrogen) atoms. The van der Waals surface area contributed by atoms with Crippen LogP contribution in [0.3, 0.4) is 0 Å². The van der Waals surface area contributed by atoms with Gasteiger partial charge in [-0.2, -0.15) is 0 Å². The number of ether oxygens (including phenoxy) is 4. The highest BCUT2D eigenvalue weighted by Gasteiger charge is 2.31. The Morgan fingerprint density at radius 1 is 0.257 bits per heavy atom. The molecule has 0 aliphatic carbocycles. The zero-order chi connectivity index (χ0) is 82.9. The predicted molar refractivity (Wildman–Crippen MR) is 469 cm³/mol. The number of carbonyl (C=O) groups is 4. The van der Waals surface area contributed by atoms with E-state index in [1.807, 2.05) is 0 Å². The van der Waals surface area contributed by atoms with Gasteiger partial charge in [0, 0.05) is 25.7 Å². The van der Waals surface area contributed by atoms with Crippen molar-refractivity contribution in [1.29, 1.82) is 0 Å². The molecule has 0 saturated carbocycles. The van der Waals surface area contributed by atoms with Gasteiger partial charge >= 0.3 is 39.5 Å². The molecule has 0 bridgehead atoms. The van der Waals surface area contributed by atoms with Crippen LogP contribution in [0.15, 0.2) is 0 Å². The molecule has 0 aliphatic rings. The van der Waals surface area contributed by atoms with E-state index in [1.54, 1.807) is 0 Å². The van der Waals surface area contributed by atoms with Crippen molar-refractivity contribution in [3.8, 4) is 0 Å². The molecule has 3 N–H and O–H groups in total. The fraction of sp³-hybridized carbons (Fsp3) is 0.957. The average Bonchev–Trinajstić information content (AvgIpc) is 0.899. The number of hydrogen-bond acceptors (Lipinski definition) is 15. The number of phosphoric ester groups is 2. The summed E-state index contributed by atoms with van der Waals surface area (Å²) >= 11 is 0. The molecule has 19 heteroatoms. The normalized spacial score (nSPS) is 14.0. The van der Waals surface area contributed by atoms with Gasteiger partial charge in [0.05, 0.1) is 26.4 Å². The fourth-order valence-electron chi connectivity index (χ4n) is 14.8.